The topological polar surface area (TPSA) is 70.8 Å². The van der Waals surface area contributed by atoms with Gasteiger partial charge in [-0.1, -0.05) is 20.8 Å². The lowest BCUT2D eigenvalue weighted by molar-refractivity contribution is -0.157. The lowest BCUT2D eigenvalue weighted by Crippen LogP contribution is -2.49. The summed E-state index contributed by atoms with van der Waals surface area (Å²) < 4.78 is 15.6. The molecule has 1 saturated carbocycles. The number of methoxy groups -OCH3 is 1. The Kier molecular flexibility index (Phi) is 7.63. The van der Waals surface area contributed by atoms with Crippen LogP contribution in [0.2, 0.25) is 0 Å². The van der Waals surface area contributed by atoms with Gasteiger partial charge in [-0.15, -0.1) is 0 Å². The largest absolute Gasteiger partial charge is 0.465 e. The molecule has 0 bridgehead atoms. The van der Waals surface area contributed by atoms with Crippen molar-refractivity contribution < 1.29 is 19.0 Å². The summed E-state index contributed by atoms with van der Waals surface area (Å²) in [6.45, 7) is 8.55. The quantitative estimate of drug-likeness (QED) is 0.548. The van der Waals surface area contributed by atoms with Gasteiger partial charge in [0.2, 0.25) is 0 Å². The van der Waals surface area contributed by atoms with Crippen LogP contribution in [0.25, 0.3) is 0 Å². The minimum absolute atomic E-state index is 0.0540. The number of hydrogen-bond acceptors (Lipinski definition) is 5. The average Bonchev–Trinajstić information content (AvgIpc) is 2.43. The van der Waals surface area contributed by atoms with Gasteiger partial charge >= 0.3 is 5.97 Å². The molecule has 5 nitrogen and oxygen atoms in total. The maximum absolute atomic E-state index is 12.3. The van der Waals surface area contributed by atoms with Crippen molar-refractivity contribution in [3.8, 4) is 0 Å². The van der Waals surface area contributed by atoms with E-state index in [0.717, 1.165) is 19.3 Å². The maximum atomic E-state index is 12.3. The van der Waals surface area contributed by atoms with E-state index in [-0.39, 0.29) is 23.3 Å². The highest BCUT2D eigenvalue weighted by Gasteiger charge is 2.45. The van der Waals surface area contributed by atoms with Crippen LogP contribution in [-0.2, 0) is 19.0 Å². The molecule has 3 unspecified atom stereocenters. The molecule has 3 atom stereocenters. The molecular formula is C16H31NO4. The highest BCUT2D eigenvalue weighted by Crippen LogP contribution is 2.44. The molecule has 0 heterocycles. The minimum atomic E-state index is -0.107. The smallest absolute Gasteiger partial charge is 0.309 e. The minimum Gasteiger partial charge on any atom is -0.465 e. The highest BCUT2D eigenvalue weighted by molar-refractivity contribution is 5.73. The number of carbonyl (C=O) groups is 1. The third-order valence-corrected chi connectivity index (χ3v) is 4.90. The second-order valence-corrected chi connectivity index (χ2v) is 6.53. The summed E-state index contributed by atoms with van der Waals surface area (Å²) in [5.41, 5.74) is 6.01. The van der Waals surface area contributed by atoms with Crippen LogP contribution in [0.15, 0.2) is 0 Å². The van der Waals surface area contributed by atoms with E-state index >= 15 is 0 Å². The van der Waals surface area contributed by atoms with E-state index in [0.29, 0.717) is 32.3 Å². The zero-order valence-corrected chi connectivity index (χ0v) is 13.9. The Labute approximate surface area is 128 Å². The number of nitrogens with two attached hydrogens (primary N) is 1. The number of carbonyl (C=O) groups excluding carboxylic acids is 1. The first-order valence-electron chi connectivity index (χ1n) is 7.90. The third kappa shape index (κ3) is 5.24. The van der Waals surface area contributed by atoms with Gasteiger partial charge in [0.1, 0.15) is 0 Å². The fourth-order valence-electron chi connectivity index (χ4n) is 2.95. The molecular weight excluding hydrogens is 270 g/mol. The number of ether oxygens (including phenoxy) is 3. The van der Waals surface area contributed by atoms with Gasteiger partial charge in [-0.3, -0.25) is 4.79 Å². The Morgan fingerprint density at radius 3 is 2.57 bits per heavy atom. The molecule has 124 valence electrons. The molecule has 2 N–H and O–H groups in total. The first kappa shape index (κ1) is 18.4. The second-order valence-electron chi connectivity index (χ2n) is 6.53. The van der Waals surface area contributed by atoms with E-state index in [1.165, 1.54) is 0 Å². The van der Waals surface area contributed by atoms with Crippen LogP contribution in [-0.4, -0.2) is 45.5 Å². The second kappa shape index (κ2) is 8.71. The Morgan fingerprint density at radius 2 is 1.90 bits per heavy atom. The number of rotatable bonds is 8. The zero-order valence-electron chi connectivity index (χ0n) is 13.9. The molecule has 0 aromatic heterocycles. The van der Waals surface area contributed by atoms with Gasteiger partial charge in [-0.2, -0.15) is 0 Å². The van der Waals surface area contributed by atoms with Crippen molar-refractivity contribution in [1.29, 1.82) is 0 Å². The Balaban J connectivity index is 2.28. The molecule has 1 rings (SSSR count). The van der Waals surface area contributed by atoms with Gasteiger partial charge in [0, 0.05) is 26.2 Å². The van der Waals surface area contributed by atoms with Crippen molar-refractivity contribution in [1.82, 2.24) is 0 Å². The summed E-state index contributed by atoms with van der Waals surface area (Å²) in [5, 5.41) is 0. The summed E-state index contributed by atoms with van der Waals surface area (Å²) in [4.78, 5) is 12.3. The van der Waals surface area contributed by atoms with E-state index in [4.69, 9.17) is 19.9 Å². The summed E-state index contributed by atoms with van der Waals surface area (Å²) in [5.74, 6) is 0.179. The van der Waals surface area contributed by atoms with Crippen LogP contribution >= 0.6 is 0 Å². The zero-order chi connectivity index (χ0) is 15.9. The maximum Gasteiger partial charge on any atom is 0.309 e. The molecule has 0 aromatic carbocycles. The Morgan fingerprint density at radius 1 is 1.19 bits per heavy atom. The Hall–Kier alpha value is -0.650. The summed E-state index contributed by atoms with van der Waals surface area (Å²) in [6, 6.07) is 0.179. The normalized spacial score (nSPS) is 28.3. The molecule has 1 aliphatic carbocycles. The average molecular weight is 301 g/mol. The summed E-state index contributed by atoms with van der Waals surface area (Å²) in [6.07, 6.45) is 2.43. The molecule has 5 heteroatoms. The Bertz CT molecular complexity index is 319. The van der Waals surface area contributed by atoms with Gasteiger partial charge in [0.25, 0.3) is 0 Å². The molecule has 1 fully saturated rings. The van der Waals surface area contributed by atoms with Crippen LogP contribution in [0.1, 0.15) is 40.0 Å². The van der Waals surface area contributed by atoms with Crippen molar-refractivity contribution in [3.05, 3.63) is 0 Å². The molecule has 0 aliphatic heterocycles. The molecule has 21 heavy (non-hydrogen) atoms. The van der Waals surface area contributed by atoms with Crippen molar-refractivity contribution in [2.45, 2.75) is 46.1 Å². The fourth-order valence-corrected chi connectivity index (χ4v) is 2.95. The molecule has 0 aromatic rings. The van der Waals surface area contributed by atoms with Crippen molar-refractivity contribution in [2.24, 2.45) is 23.0 Å². The first-order chi connectivity index (χ1) is 9.91. The van der Waals surface area contributed by atoms with Crippen LogP contribution in [0.3, 0.4) is 0 Å². The molecule has 0 radical (unpaired) electrons. The lowest BCUT2D eigenvalue weighted by atomic mass is 9.61. The summed E-state index contributed by atoms with van der Waals surface area (Å²) >= 11 is 0. The van der Waals surface area contributed by atoms with Crippen molar-refractivity contribution in [3.63, 3.8) is 0 Å². The van der Waals surface area contributed by atoms with Crippen LogP contribution in [0.5, 0.6) is 0 Å². The van der Waals surface area contributed by atoms with Gasteiger partial charge < -0.3 is 19.9 Å². The van der Waals surface area contributed by atoms with Crippen LogP contribution in [0.4, 0.5) is 0 Å². The molecule has 0 amide bonds. The van der Waals surface area contributed by atoms with Crippen LogP contribution < -0.4 is 5.73 Å². The first-order valence-corrected chi connectivity index (χ1v) is 7.90. The number of hydrogen-bond donors (Lipinski definition) is 1. The highest BCUT2D eigenvalue weighted by atomic mass is 16.5. The van der Waals surface area contributed by atoms with Crippen LogP contribution in [0, 0.1) is 17.3 Å². The van der Waals surface area contributed by atoms with Gasteiger partial charge in [-0.25, -0.2) is 0 Å². The fraction of sp³-hybridized carbons (Fsp3) is 0.938. The van der Waals surface area contributed by atoms with E-state index in [9.17, 15) is 4.79 Å². The van der Waals surface area contributed by atoms with Gasteiger partial charge in [-0.05, 0) is 24.2 Å². The molecule has 1 aliphatic rings. The van der Waals surface area contributed by atoms with E-state index in [1.54, 1.807) is 7.11 Å². The SMILES string of the molecule is COCCOCCCOC(=O)C1CCC(N)C(C)C1(C)C. The lowest BCUT2D eigenvalue weighted by Gasteiger charge is -2.45. The van der Waals surface area contributed by atoms with Gasteiger partial charge in [0.15, 0.2) is 0 Å². The van der Waals surface area contributed by atoms with Crippen molar-refractivity contribution in [2.75, 3.05) is 33.5 Å². The van der Waals surface area contributed by atoms with Crippen molar-refractivity contribution >= 4 is 5.97 Å². The molecule has 0 spiro atoms. The van der Waals surface area contributed by atoms with Gasteiger partial charge in [0.05, 0.1) is 25.7 Å². The van der Waals surface area contributed by atoms with E-state index < -0.39 is 0 Å². The predicted octanol–water partition coefficient (Wildman–Crippen LogP) is 1.98. The number of esters is 1. The predicted molar refractivity (Wildman–Crippen MR) is 81.9 cm³/mol. The standard InChI is InChI=1S/C16H31NO4/c1-12-14(17)7-6-13(16(12,2)3)15(18)21-9-5-8-20-11-10-19-4/h12-14H,5-11,17H2,1-4H3. The van der Waals surface area contributed by atoms with E-state index in [1.807, 2.05) is 0 Å². The third-order valence-electron chi connectivity index (χ3n) is 4.90. The monoisotopic (exact) mass is 301 g/mol. The summed E-state index contributed by atoms with van der Waals surface area (Å²) in [7, 11) is 1.64. The molecule has 0 saturated heterocycles. The van der Waals surface area contributed by atoms with E-state index in [2.05, 4.69) is 20.8 Å².